The quantitative estimate of drug-likeness (QED) is 0.687. The van der Waals surface area contributed by atoms with Crippen LogP contribution in [0.15, 0.2) is 4.52 Å². The summed E-state index contributed by atoms with van der Waals surface area (Å²) >= 11 is 5.94. The molecule has 11 heteroatoms. The predicted molar refractivity (Wildman–Crippen MR) is 103 cm³/mol. The highest BCUT2D eigenvalue weighted by Gasteiger charge is 2.37. The predicted octanol–water partition coefficient (Wildman–Crippen LogP) is 1.07. The first kappa shape index (κ1) is 21.5. The molecule has 3 rings (SSSR count). The zero-order valence-corrected chi connectivity index (χ0v) is 18.0. The van der Waals surface area contributed by atoms with Crippen LogP contribution >= 0.6 is 11.6 Å². The molecule has 0 spiro atoms. The lowest BCUT2D eigenvalue weighted by Crippen LogP contribution is -2.57. The number of carbonyl (C=O) groups is 1. The number of nitrogens with zero attached hydrogens (tertiary/aromatic N) is 4. The Morgan fingerprint density at radius 2 is 1.75 bits per heavy atom. The maximum Gasteiger partial charge on any atom is 0.282 e. The SMILES string of the molecule is Cc1noc(Cl)c1CCC(=O)N1CCN(S(=O)(=O)N2CC(C)OC(C)C2)CC1. The van der Waals surface area contributed by atoms with Crippen LogP contribution in [0, 0.1) is 6.92 Å². The molecule has 2 atom stereocenters. The van der Waals surface area contributed by atoms with Crippen molar-refractivity contribution in [2.24, 2.45) is 0 Å². The van der Waals surface area contributed by atoms with E-state index in [1.54, 1.807) is 11.8 Å². The van der Waals surface area contributed by atoms with Gasteiger partial charge < -0.3 is 14.2 Å². The second-order valence-electron chi connectivity index (χ2n) is 7.38. The molecule has 0 radical (unpaired) electrons. The molecule has 0 N–H and O–H groups in total. The monoisotopic (exact) mass is 434 g/mol. The van der Waals surface area contributed by atoms with Crippen molar-refractivity contribution >= 4 is 27.7 Å². The van der Waals surface area contributed by atoms with Gasteiger partial charge in [-0.05, 0) is 38.8 Å². The van der Waals surface area contributed by atoms with Gasteiger partial charge in [0.15, 0.2) is 0 Å². The van der Waals surface area contributed by atoms with Crippen LogP contribution in [0.3, 0.4) is 0 Å². The fraction of sp³-hybridized carbons (Fsp3) is 0.765. The highest BCUT2D eigenvalue weighted by molar-refractivity contribution is 7.86. The van der Waals surface area contributed by atoms with Gasteiger partial charge in [-0.3, -0.25) is 4.79 Å². The van der Waals surface area contributed by atoms with Crippen LogP contribution in [0.1, 0.15) is 31.5 Å². The summed E-state index contributed by atoms with van der Waals surface area (Å²) in [4.78, 5) is 14.2. The highest BCUT2D eigenvalue weighted by Crippen LogP contribution is 2.22. The van der Waals surface area contributed by atoms with E-state index in [4.69, 9.17) is 20.9 Å². The Labute approximate surface area is 170 Å². The molecule has 0 aliphatic carbocycles. The number of carbonyl (C=O) groups excluding carboxylic acids is 1. The van der Waals surface area contributed by atoms with Crippen molar-refractivity contribution in [3.63, 3.8) is 0 Å². The summed E-state index contributed by atoms with van der Waals surface area (Å²) in [5, 5.41) is 4.00. The minimum absolute atomic E-state index is 0.0256. The molecule has 3 heterocycles. The van der Waals surface area contributed by atoms with Crippen LogP contribution in [-0.2, 0) is 26.2 Å². The van der Waals surface area contributed by atoms with E-state index in [0.717, 1.165) is 5.56 Å². The molecule has 0 bridgehead atoms. The minimum atomic E-state index is -3.55. The molecule has 2 aliphatic heterocycles. The van der Waals surface area contributed by atoms with Crippen LogP contribution in [0.5, 0.6) is 0 Å². The summed E-state index contributed by atoms with van der Waals surface area (Å²) in [6, 6.07) is 0. The fourth-order valence-corrected chi connectivity index (χ4v) is 5.69. The van der Waals surface area contributed by atoms with Crippen molar-refractivity contribution in [2.45, 2.75) is 45.8 Å². The minimum Gasteiger partial charge on any atom is -0.373 e. The molecular weight excluding hydrogens is 408 g/mol. The molecule has 2 unspecified atom stereocenters. The van der Waals surface area contributed by atoms with Crippen LogP contribution in [-0.4, -0.2) is 84.5 Å². The maximum atomic E-state index is 12.9. The molecule has 2 fully saturated rings. The van der Waals surface area contributed by atoms with E-state index in [1.807, 2.05) is 13.8 Å². The van der Waals surface area contributed by atoms with E-state index in [1.165, 1.54) is 8.61 Å². The summed E-state index contributed by atoms with van der Waals surface area (Å²) in [6.07, 6.45) is 0.477. The average Bonchev–Trinajstić information content (AvgIpc) is 2.97. The average molecular weight is 435 g/mol. The normalized spacial score (nSPS) is 25.2. The second-order valence-corrected chi connectivity index (χ2v) is 9.65. The molecule has 2 aliphatic rings. The number of ether oxygens (including phenoxy) is 1. The highest BCUT2D eigenvalue weighted by atomic mass is 35.5. The summed E-state index contributed by atoms with van der Waals surface area (Å²) in [7, 11) is -3.55. The van der Waals surface area contributed by atoms with Crippen LogP contribution < -0.4 is 0 Å². The molecule has 1 aromatic rings. The van der Waals surface area contributed by atoms with Crippen molar-refractivity contribution in [2.75, 3.05) is 39.3 Å². The molecule has 9 nitrogen and oxygen atoms in total. The van der Waals surface area contributed by atoms with Gasteiger partial charge in [0.1, 0.15) is 0 Å². The van der Waals surface area contributed by atoms with E-state index in [0.29, 0.717) is 51.4 Å². The standard InChI is InChI=1S/C17H27ClN4O5S/c1-12-10-22(11-13(2)26-12)28(24,25)21-8-6-20(7-9-21)16(23)5-4-15-14(3)19-27-17(15)18/h12-13H,4-11H2,1-3H3. The maximum absolute atomic E-state index is 12.9. The molecule has 1 aromatic heterocycles. The van der Waals surface area contributed by atoms with E-state index < -0.39 is 10.2 Å². The van der Waals surface area contributed by atoms with E-state index >= 15 is 0 Å². The van der Waals surface area contributed by atoms with E-state index in [9.17, 15) is 13.2 Å². The molecule has 2 saturated heterocycles. The zero-order chi connectivity index (χ0) is 20.5. The molecule has 28 heavy (non-hydrogen) atoms. The number of halogens is 1. The van der Waals surface area contributed by atoms with Crippen LogP contribution in [0.2, 0.25) is 5.22 Å². The van der Waals surface area contributed by atoms with E-state index in [2.05, 4.69) is 5.16 Å². The Balaban J connectivity index is 1.53. The number of aryl methyl sites for hydroxylation is 1. The van der Waals surface area contributed by atoms with Crippen molar-refractivity contribution < 1.29 is 22.5 Å². The first-order valence-electron chi connectivity index (χ1n) is 9.47. The number of hydrogen-bond donors (Lipinski definition) is 0. The van der Waals surface area contributed by atoms with Crippen molar-refractivity contribution in [1.29, 1.82) is 0 Å². The van der Waals surface area contributed by atoms with E-state index in [-0.39, 0.29) is 29.8 Å². The summed E-state index contributed by atoms with van der Waals surface area (Å²) < 4.78 is 39.3. The topological polar surface area (TPSA) is 96.2 Å². The molecule has 0 aromatic carbocycles. The zero-order valence-electron chi connectivity index (χ0n) is 16.4. The van der Waals surface area contributed by atoms with Gasteiger partial charge in [-0.1, -0.05) is 5.16 Å². The first-order chi connectivity index (χ1) is 13.2. The Kier molecular flexibility index (Phi) is 6.65. The van der Waals surface area contributed by atoms with Gasteiger partial charge in [0.05, 0.1) is 17.9 Å². The number of piperazine rings is 1. The lowest BCUT2D eigenvalue weighted by atomic mass is 10.1. The van der Waals surface area contributed by atoms with Gasteiger partial charge in [0, 0.05) is 51.3 Å². The summed E-state index contributed by atoms with van der Waals surface area (Å²) in [5.41, 5.74) is 1.43. The van der Waals surface area contributed by atoms with Gasteiger partial charge in [-0.25, -0.2) is 0 Å². The Morgan fingerprint density at radius 3 is 2.29 bits per heavy atom. The van der Waals surface area contributed by atoms with Crippen LogP contribution in [0.25, 0.3) is 0 Å². The van der Waals surface area contributed by atoms with Gasteiger partial charge in [0.25, 0.3) is 10.2 Å². The largest absolute Gasteiger partial charge is 0.373 e. The lowest BCUT2D eigenvalue weighted by Gasteiger charge is -2.40. The number of aromatic nitrogens is 1. The Bertz CT molecular complexity index is 777. The molecule has 158 valence electrons. The molecular formula is C17H27ClN4O5S. The van der Waals surface area contributed by atoms with Gasteiger partial charge in [-0.15, -0.1) is 0 Å². The summed E-state index contributed by atoms with van der Waals surface area (Å²) in [5.74, 6) is -0.0256. The fourth-order valence-electron chi connectivity index (χ4n) is 3.68. The van der Waals surface area contributed by atoms with Crippen molar-refractivity contribution in [1.82, 2.24) is 18.7 Å². The van der Waals surface area contributed by atoms with Crippen molar-refractivity contribution in [3.8, 4) is 0 Å². The lowest BCUT2D eigenvalue weighted by molar-refractivity contribution is -0.132. The number of amides is 1. The van der Waals surface area contributed by atoms with Gasteiger partial charge in [-0.2, -0.15) is 17.0 Å². The molecule has 1 amide bonds. The van der Waals surface area contributed by atoms with Crippen molar-refractivity contribution in [3.05, 3.63) is 16.5 Å². The first-order valence-corrected chi connectivity index (χ1v) is 11.2. The van der Waals surface area contributed by atoms with Crippen LogP contribution in [0.4, 0.5) is 0 Å². The second kappa shape index (κ2) is 8.66. The smallest absolute Gasteiger partial charge is 0.282 e. The number of morpholine rings is 1. The Hall–Kier alpha value is -1.20. The third-order valence-corrected chi connectivity index (χ3v) is 7.42. The summed E-state index contributed by atoms with van der Waals surface area (Å²) in [6.45, 7) is 7.58. The number of hydrogen-bond acceptors (Lipinski definition) is 6. The third-order valence-electron chi connectivity index (χ3n) is 5.16. The third kappa shape index (κ3) is 4.68. The van der Waals surface area contributed by atoms with Gasteiger partial charge in [0.2, 0.25) is 11.1 Å². The Morgan fingerprint density at radius 1 is 1.14 bits per heavy atom. The van der Waals surface area contributed by atoms with Gasteiger partial charge >= 0.3 is 0 Å². The molecule has 0 saturated carbocycles. The number of rotatable bonds is 5.